The van der Waals surface area contributed by atoms with Gasteiger partial charge in [0.2, 0.25) is 0 Å². The molecule has 0 heterocycles. The lowest BCUT2D eigenvalue weighted by Gasteiger charge is -2.32. The van der Waals surface area contributed by atoms with Gasteiger partial charge in [0, 0.05) is 12.7 Å². The third kappa shape index (κ3) is 3.55. The maximum absolute atomic E-state index is 12.3. The standard InChI is InChI=1S/C19H23NO2/c1-4-19(22-3,17-11-6-5-7-12-17)14-20-18(21)16-10-8-9-15(2)13-16/h5-13H,4,14H2,1-3H3,(H,20,21). The molecule has 0 bridgehead atoms. The van der Waals surface area contributed by atoms with Gasteiger partial charge in [0.25, 0.3) is 5.91 Å². The van der Waals surface area contributed by atoms with Crippen LogP contribution in [0.4, 0.5) is 0 Å². The van der Waals surface area contributed by atoms with E-state index in [9.17, 15) is 4.79 Å². The highest BCUT2D eigenvalue weighted by molar-refractivity contribution is 5.94. The molecule has 0 aliphatic carbocycles. The minimum Gasteiger partial charge on any atom is -0.372 e. The van der Waals surface area contributed by atoms with Crippen LogP contribution in [0, 0.1) is 6.92 Å². The summed E-state index contributed by atoms with van der Waals surface area (Å²) in [5, 5.41) is 3.00. The Morgan fingerprint density at radius 2 is 1.86 bits per heavy atom. The lowest BCUT2D eigenvalue weighted by atomic mass is 9.90. The van der Waals surface area contributed by atoms with Crippen LogP contribution in [0.1, 0.15) is 34.8 Å². The molecule has 2 aromatic rings. The Kier molecular flexibility index (Phi) is 5.34. The van der Waals surface area contributed by atoms with Crippen molar-refractivity contribution in [2.75, 3.05) is 13.7 Å². The van der Waals surface area contributed by atoms with Gasteiger partial charge in [0.05, 0.1) is 6.54 Å². The largest absolute Gasteiger partial charge is 0.372 e. The summed E-state index contributed by atoms with van der Waals surface area (Å²) < 4.78 is 5.77. The fraction of sp³-hybridized carbons (Fsp3) is 0.316. The molecule has 0 spiro atoms. The van der Waals surface area contributed by atoms with E-state index in [2.05, 4.69) is 12.2 Å². The van der Waals surface area contributed by atoms with E-state index in [4.69, 9.17) is 4.74 Å². The second kappa shape index (κ2) is 7.23. The zero-order valence-electron chi connectivity index (χ0n) is 13.4. The van der Waals surface area contributed by atoms with Gasteiger partial charge in [-0.05, 0) is 31.0 Å². The van der Waals surface area contributed by atoms with Crippen LogP contribution < -0.4 is 5.32 Å². The highest BCUT2D eigenvalue weighted by Gasteiger charge is 2.30. The number of aryl methyl sites for hydroxylation is 1. The Hall–Kier alpha value is -2.13. The first-order valence-electron chi connectivity index (χ1n) is 7.57. The van der Waals surface area contributed by atoms with Crippen LogP contribution in [-0.4, -0.2) is 19.6 Å². The summed E-state index contributed by atoms with van der Waals surface area (Å²) in [5.74, 6) is -0.0745. The molecule has 0 saturated heterocycles. The second-order valence-corrected chi connectivity index (χ2v) is 5.47. The fourth-order valence-corrected chi connectivity index (χ4v) is 2.62. The molecule has 116 valence electrons. The van der Waals surface area contributed by atoms with Gasteiger partial charge in [-0.1, -0.05) is 55.0 Å². The number of nitrogens with one attached hydrogen (secondary N) is 1. The molecule has 0 aliphatic rings. The number of hydrogen-bond donors (Lipinski definition) is 1. The minimum absolute atomic E-state index is 0.0745. The zero-order valence-corrected chi connectivity index (χ0v) is 13.4. The summed E-state index contributed by atoms with van der Waals surface area (Å²) in [6.07, 6.45) is 0.779. The molecule has 3 nitrogen and oxygen atoms in total. The van der Waals surface area contributed by atoms with Crippen molar-refractivity contribution in [2.45, 2.75) is 25.9 Å². The highest BCUT2D eigenvalue weighted by atomic mass is 16.5. The number of benzene rings is 2. The van der Waals surface area contributed by atoms with Crippen LogP contribution >= 0.6 is 0 Å². The Bertz CT molecular complexity index is 618. The van der Waals surface area contributed by atoms with Crippen molar-refractivity contribution in [3.05, 3.63) is 71.3 Å². The van der Waals surface area contributed by atoms with Crippen LogP contribution in [0.2, 0.25) is 0 Å². The first-order valence-corrected chi connectivity index (χ1v) is 7.57. The Morgan fingerprint density at radius 3 is 2.45 bits per heavy atom. The molecule has 0 aliphatic heterocycles. The van der Waals surface area contributed by atoms with Gasteiger partial charge >= 0.3 is 0 Å². The Labute approximate surface area is 132 Å². The molecule has 2 rings (SSSR count). The molecule has 1 amide bonds. The molecule has 22 heavy (non-hydrogen) atoms. The van der Waals surface area contributed by atoms with Crippen LogP contribution in [0.25, 0.3) is 0 Å². The zero-order chi connectivity index (χ0) is 16.0. The maximum Gasteiger partial charge on any atom is 0.251 e. The second-order valence-electron chi connectivity index (χ2n) is 5.47. The first-order chi connectivity index (χ1) is 10.6. The minimum atomic E-state index is -0.499. The molecule has 1 unspecified atom stereocenters. The molecule has 1 atom stereocenters. The summed E-state index contributed by atoms with van der Waals surface area (Å²) >= 11 is 0. The van der Waals surface area contributed by atoms with Gasteiger partial charge in [-0.25, -0.2) is 0 Å². The SMILES string of the molecule is CCC(CNC(=O)c1cccc(C)c1)(OC)c1ccccc1. The quantitative estimate of drug-likeness (QED) is 0.883. The monoisotopic (exact) mass is 297 g/mol. The summed E-state index contributed by atoms with van der Waals surface area (Å²) in [4.78, 5) is 12.3. The number of rotatable bonds is 6. The molecule has 2 aromatic carbocycles. The summed E-state index contributed by atoms with van der Waals surface area (Å²) in [5.41, 5.74) is 2.32. The molecule has 0 fully saturated rings. The Morgan fingerprint density at radius 1 is 1.14 bits per heavy atom. The van der Waals surface area contributed by atoms with Crippen LogP contribution in [-0.2, 0) is 10.3 Å². The Balaban J connectivity index is 2.14. The van der Waals surface area contributed by atoms with Crippen LogP contribution in [0.5, 0.6) is 0 Å². The molecular formula is C19H23NO2. The van der Waals surface area contributed by atoms with Crippen molar-refractivity contribution >= 4 is 5.91 Å². The number of hydrogen-bond acceptors (Lipinski definition) is 2. The molecule has 0 radical (unpaired) electrons. The number of amides is 1. The topological polar surface area (TPSA) is 38.3 Å². The predicted molar refractivity (Wildman–Crippen MR) is 88.9 cm³/mol. The van der Waals surface area contributed by atoms with Gasteiger partial charge in [-0.3, -0.25) is 4.79 Å². The van der Waals surface area contributed by atoms with Crippen molar-refractivity contribution < 1.29 is 9.53 Å². The van der Waals surface area contributed by atoms with Crippen molar-refractivity contribution in [1.82, 2.24) is 5.32 Å². The third-order valence-corrected chi connectivity index (χ3v) is 4.08. The van der Waals surface area contributed by atoms with E-state index < -0.39 is 5.60 Å². The number of carbonyl (C=O) groups excluding carboxylic acids is 1. The van der Waals surface area contributed by atoms with E-state index >= 15 is 0 Å². The van der Waals surface area contributed by atoms with Crippen LogP contribution in [0.15, 0.2) is 54.6 Å². The van der Waals surface area contributed by atoms with E-state index in [-0.39, 0.29) is 5.91 Å². The molecule has 0 aromatic heterocycles. The lowest BCUT2D eigenvalue weighted by molar-refractivity contribution is -0.0164. The van der Waals surface area contributed by atoms with E-state index in [0.717, 1.165) is 17.5 Å². The van der Waals surface area contributed by atoms with Crippen LogP contribution in [0.3, 0.4) is 0 Å². The van der Waals surface area contributed by atoms with E-state index in [1.165, 1.54) is 0 Å². The van der Waals surface area contributed by atoms with E-state index in [1.54, 1.807) is 7.11 Å². The number of ether oxygens (including phenoxy) is 1. The van der Waals surface area contributed by atoms with E-state index in [0.29, 0.717) is 12.1 Å². The number of methoxy groups -OCH3 is 1. The highest BCUT2D eigenvalue weighted by Crippen LogP contribution is 2.28. The number of carbonyl (C=O) groups is 1. The summed E-state index contributed by atoms with van der Waals surface area (Å²) in [6, 6.07) is 17.6. The first kappa shape index (κ1) is 16.2. The third-order valence-electron chi connectivity index (χ3n) is 4.08. The van der Waals surface area contributed by atoms with Gasteiger partial charge in [-0.2, -0.15) is 0 Å². The van der Waals surface area contributed by atoms with Crippen molar-refractivity contribution in [2.24, 2.45) is 0 Å². The normalized spacial score (nSPS) is 13.4. The fourth-order valence-electron chi connectivity index (χ4n) is 2.62. The maximum atomic E-state index is 12.3. The average Bonchev–Trinajstić information content (AvgIpc) is 2.57. The van der Waals surface area contributed by atoms with E-state index in [1.807, 2.05) is 61.5 Å². The van der Waals surface area contributed by atoms with Crippen molar-refractivity contribution in [1.29, 1.82) is 0 Å². The van der Waals surface area contributed by atoms with Gasteiger partial charge < -0.3 is 10.1 Å². The molecule has 3 heteroatoms. The summed E-state index contributed by atoms with van der Waals surface area (Å²) in [6.45, 7) is 4.48. The molecule has 0 saturated carbocycles. The average molecular weight is 297 g/mol. The molecule has 1 N–H and O–H groups in total. The molecular weight excluding hydrogens is 274 g/mol. The summed E-state index contributed by atoms with van der Waals surface area (Å²) in [7, 11) is 1.69. The van der Waals surface area contributed by atoms with Gasteiger partial charge in [0.1, 0.15) is 5.60 Å². The van der Waals surface area contributed by atoms with Gasteiger partial charge in [0.15, 0.2) is 0 Å². The predicted octanol–water partition coefficient (Wildman–Crippen LogP) is 3.68. The van der Waals surface area contributed by atoms with Gasteiger partial charge in [-0.15, -0.1) is 0 Å². The smallest absolute Gasteiger partial charge is 0.251 e. The van der Waals surface area contributed by atoms with Crippen molar-refractivity contribution in [3.8, 4) is 0 Å². The van der Waals surface area contributed by atoms with Crippen molar-refractivity contribution in [3.63, 3.8) is 0 Å². The lowest BCUT2D eigenvalue weighted by Crippen LogP contribution is -2.41.